The van der Waals surface area contributed by atoms with Gasteiger partial charge in [0.25, 0.3) is 0 Å². The van der Waals surface area contributed by atoms with E-state index in [0.29, 0.717) is 6.54 Å². The monoisotopic (exact) mass is 342 g/mol. The molecule has 2 N–H and O–H groups in total. The van der Waals surface area contributed by atoms with Crippen LogP contribution >= 0.6 is 0 Å². The number of nitrogens with zero attached hydrogens (tertiary/aromatic N) is 4. The second-order valence-electron chi connectivity index (χ2n) is 6.31. The number of pyridine rings is 1. The minimum atomic E-state index is 0.0173. The first-order valence-electron chi connectivity index (χ1n) is 8.93. The van der Waals surface area contributed by atoms with Gasteiger partial charge in [0, 0.05) is 39.1 Å². The van der Waals surface area contributed by atoms with Gasteiger partial charge in [-0.1, -0.05) is 6.07 Å². The first-order chi connectivity index (χ1) is 12.3. The third-order valence-electron chi connectivity index (χ3n) is 4.56. The van der Waals surface area contributed by atoms with Gasteiger partial charge in [0.15, 0.2) is 0 Å². The Labute approximate surface area is 148 Å². The zero-order valence-electron chi connectivity index (χ0n) is 14.7. The molecule has 1 saturated heterocycles. The third kappa shape index (κ3) is 4.49. The molecule has 0 aliphatic carbocycles. The molecule has 25 heavy (non-hydrogen) atoms. The summed E-state index contributed by atoms with van der Waals surface area (Å²) in [7, 11) is 1.93. The molecule has 3 rings (SSSR count). The van der Waals surface area contributed by atoms with Crippen molar-refractivity contribution in [1.82, 2.24) is 25.0 Å². The lowest BCUT2D eigenvalue weighted by molar-refractivity contribution is 0.148. The van der Waals surface area contributed by atoms with Crippen molar-refractivity contribution in [3.63, 3.8) is 0 Å². The lowest BCUT2D eigenvalue weighted by Crippen LogP contribution is -2.45. The number of piperidine rings is 1. The number of rotatable bonds is 6. The summed E-state index contributed by atoms with van der Waals surface area (Å²) >= 11 is 0. The Bertz CT molecular complexity index is 671. The lowest BCUT2D eigenvalue weighted by Gasteiger charge is -2.35. The van der Waals surface area contributed by atoms with Crippen LogP contribution in [-0.2, 0) is 7.05 Å². The number of urea groups is 1. The second kappa shape index (κ2) is 8.50. The van der Waals surface area contributed by atoms with E-state index in [1.807, 2.05) is 40.9 Å². The molecule has 2 aromatic rings. The molecule has 0 radical (unpaired) electrons. The maximum absolute atomic E-state index is 12.6. The van der Waals surface area contributed by atoms with Gasteiger partial charge in [-0.25, -0.2) is 9.78 Å². The number of carbonyl (C=O) groups is 1. The maximum Gasteiger partial charge on any atom is 0.317 e. The Morgan fingerprint density at radius 1 is 1.24 bits per heavy atom. The standard InChI is InChI=1S/C18H26N6O/c1-23-15(9-13-22-23)16-7-3-5-14-24(16)18(25)21-12-6-11-20-17-8-2-4-10-19-17/h2,4,8-10,13,16H,3,5-7,11-12,14H2,1H3,(H,19,20)(H,21,25)/t16-/m0/s1. The number of likely N-dealkylation sites (tertiary alicyclic amines) is 1. The van der Waals surface area contributed by atoms with Gasteiger partial charge in [0.2, 0.25) is 0 Å². The molecule has 1 fully saturated rings. The number of hydrogen-bond donors (Lipinski definition) is 2. The number of nitrogens with one attached hydrogen (secondary N) is 2. The molecule has 1 aliphatic heterocycles. The molecule has 0 saturated carbocycles. The highest BCUT2D eigenvalue weighted by Crippen LogP contribution is 2.30. The number of aryl methyl sites for hydroxylation is 1. The predicted octanol–water partition coefficient (Wildman–Crippen LogP) is 2.55. The van der Waals surface area contributed by atoms with Crippen LogP contribution in [0.25, 0.3) is 0 Å². The molecule has 0 aromatic carbocycles. The highest BCUT2D eigenvalue weighted by molar-refractivity contribution is 5.74. The van der Waals surface area contributed by atoms with E-state index >= 15 is 0 Å². The fourth-order valence-corrected chi connectivity index (χ4v) is 3.26. The van der Waals surface area contributed by atoms with E-state index < -0.39 is 0 Å². The van der Waals surface area contributed by atoms with Gasteiger partial charge in [-0.3, -0.25) is 4.68 Å². The lowest BCUT2D eigenvalue weighted by atomic mass is 10.00. The van der Waals surface area contributed by atoms with Crippen molar-refractivity contribution in [1.29, 1.82) is 0 Å². The molecule has 0 unspecified atom stereocenters. The van der Waals surface area contributed by atoms with Gasteiger partial charge in [-0.05, 0) is 43.9 Å². The molecule has 2 amide bonds. The summed E-state index contributed by atoms with van der Waals surface area (Å²) < 4.78 is 1.87. The van der Waals surface area contributed by atoms with Crippen molar-refractivity contribution < 1.29 is 4.79 Å². The Balaban J connectivity index is 1.45. The van der Waals surface area contributed by atoms with Gasteiger partial charge in [0.1, 0.15) is 5.82 Å². The summed E-state index contributed by atoms with van der Waals surface area (Å²) in [5.74, 6) is 0.862. The minimum absolute atomic E-state index is 0.0173. The molecule has 3 heterocycles. The zero-order valence-corrected chi connectivity index (χ0v) is 14.7. The largest absolute Gasteiger partial charge is 0.370 e. The number of aromatic nitrogens is 3. The summed E-state index contributed by atoms with van der Waals surface area (Å²) in [6, 6.07) is 7.92. The van der Waals surface area contributed by atoms with Crippen LogP contribution in [0.4, 0.5) is 10.6 Å². The van der Waals surface area contributed by atoms with Crippen molar-refractivity contribution in [2.45, 2.75) is 31.7 Å². The molecule has 134 valence electrons. The molecule has 7 heteroatoms. The van der Waals surface area contributed by atoms with Gasteiger partial charge in [-0.2, -0.15) is 5.10 Å². The van der Waals surface area contributed by atoms with Crippen LogP contribution in [0.3, 0.4) is 0 Å². The molecule has 2 aromatic heterocycles. The smallest absolute Gasteiger partial charge is 0.317 e. The number of carbonyl (C=O) groups excluding carboxylic acids is 1. The first kappa shape index (κ1) is 17.3. The quantitative estimate of drug-likeness (QED) is 0.791. The maximum atomic E-state index is 12.6. The molecule has 7 nitrogen and oxygen atoms in total. The highest BCUT2D eigenvalue weighted by Gasteiger charge is 2.29. The Hall–Kier alpha value is -2.57. The molecule has 1 atom stereocenters. The zero-order chi connectivity index (χ0) is 17.5. The Morgan fingerprint density at radius 3 is 2.92 bits per heavy atom. The minimum Gasteiger partial charge on any atom is -0.370 e. The third-order valence-corrected chi connectivity index (χ3v) is 4.56. The van der Waals surface area contributed by atoms with E-state index in [-0.39, 0.29) is 12.1 Å². The van der Waals surface area contributed by atoms with E-state index in [1.165, 1.54) is 0 Å². The summed E-state index contributed by atoms with van der Waals surface area (Å²) in [5, 5.41) is 10.5. The van der Waals surface area contributed by atoms with Crippen LogP contribution in [0.15, 0.2) is 36.7 Å². The van der Waals surface area contributed by atoms with Crippen molar-refractivity contribution in [3.05, 3.63) is 42.4 Å². The van der Waals surface area contributed by atoms with Crippen molar-refractivity contribution in [2.75, 3.05) is 25.0 Å². The van der Waals surface area contributed by atoms with Crippen LogP contribution in [-0.4, -0.2) is 45.3 Å². The van der Waals surface area contributed by atoms with E-state index in [1.54, 1.807) is 12.4 Å². The van der Waals surface area contributed by atoms with Gasteiger partial charge < -0.3 is 15.5 Å². The molecular weight excluding hydrogens is 316 g/mol. The van der Waals surface area contributed by atoms with Crippen LogP contribution in [0, 0.1) is 0 Å². The van der Waals surface area contributed by atoms with Gasteiger partial charge >= 0.3 is 6.03 Å². The van der Waals surface area contributed by atoms with Crippen LogP contribution < -0.4 is 10.6 Å². The molecule has 0 spiro atoms. The normalized spacial score (nSPS) is 17.3. The summed E-state index contributed by atoms with van der Waals surface area (Å²) in [4.78, 5) is 18.8. The molecule has 1 aliphatic rings. The second-order valence-corrected chi connectivity index (χ2v) is 6.31. The molecular formula is C18H26N6O. The fourth-order valence-electron chi connectivity index (χ4n) is 3.26. The highest BCUT2D eigenvalue weighted by atomic mass is 16.2. The number of hydrogen-bond acceptors (Lipinski definition) is 4. The van der Waals surface area contributed by atoms with Gasteiger partial charge in [0.05, 0.1) is 11.7 Å². The van der Waals surface area contributed by atoms with Crippen molar-refractivity contribution in [2.24, 2.45) is 7.05 Å². The predicted molar refractivity (Wildman–Crippen MR) is 97.2 cm³/mol. The summed E-state index contributed by atoms with van der Waals surface area (Å²) in [6.45, 7) is 2.23. The molecule has 0 bridgehead atoms. The Kier molecular flexibility index (Phi) is 5.87. The fraction of sp³-hybridized carbons (Fsp3) is 0.500. The Morgan fingerprint density at radius 2 is 2.16 bits per heavy atom. The van der Waals surface area contributed by atoms with Crippen LogP contribution in [0.5, 0.6) is 0 Å². The van der Waals surface area contributed by atoms with Crippen LogP contribution in [0.2, 0.25) is 0 Å². The number of anilines is 1. The van der Waals surface area contributed by atoms with Gasteiger partial charge in [-0.15, -0.1) is 0 Å². The van der Waals surface area contributed by atoms with E-state index in [9.17, 15) is 4.79 Å². The van der Waals surface area contributed by atoms with E-state index in [0.717, 1.165) is 50.3 Å². The average molecular weight is 342 g/mol. The first-order valence-corrected chi connectivity index (χ1v) is 8.93. The topological polar surface area (TPSA) is 75.1 Å². The summed E-state index contributed by atoms with van der Waals surface area (Å²) in [6.07, 6.45) is 7.61. The van der Waals surface area contributed by atoms with Crippen molar-refractivity contribution in [3.8, 4) is 0 Å². The van der Waals surface area contributed by atoms with Crippen molar-refractivity contribution >= 4 is 11.8 Å². The number of amides is 2. The SMILES string of the molecule is Cn1nccc1[C@@H]1CCCCN1C(=O)NCCCNc1ccccn1. The summed E-state index contributed by atoms with van der Waals surface area (Å²) in [5.41, 5.74) is 1.10. The van der Waals surface area contributed by atoms with Crippen LogP contribution in [0.1, 0.15) is 37.4 Å². The average Bonchev–Trinajstić information content (AvgIpc) is 3.08. The van der Waals surface area contributed by atoms with E-state index in [2.05, 4.69) is 20.7 Å². The van der Waals surface area contributed by atoms with E-state index in [4.69, 9.17) is 0 Å².